The van der Waals surface area contributed by atoms with E-state index in [0.29, 0.717) is 23.7 Å². The Morgan fingerprint density at radius 3 is 0.641 bits per heavy atom. The van der Waals surface area contributed by atoms with Gasteiger partial charge in [-0.25, -0.2) is 4.39 Å². The van der Waals surface area contributed by atoms with Crippen molar-refractivity contribution < 1.29 is 4.39 Å². The molecular weight excluding hydrogens is 916 g/mol. The van der Waals surface area contributed by atoms with Crippen molar-refractivity contribution in [2.24, 2.45) is 0 Å². The summed E-state index contributed by atoms with van der Waals surface area (Å²) in [4.78, 5) is 9.97. The van der Waals surface area contributed by atoms with Crippen LogP contribution >= 0.6 is 79.4 Å². The van der Waals surface area contributed by atoms with Crippen LogP contribution in [-0.4, -0.2) is 0 Å². The molecule has 356 valence electrons. The van der Waals surface area contributed by atoms with E-state index in [0.717, 1.165) is 10.4 Å². The van der Waals surface area contributed by atoms with E-state index >= 15 is 0 Å². The van der Waals surface area contributed by atoms with Gasteiger partial charge in [-0.2, -0.15) is 0 Å². The third-order valence-corrected chi connectivity index (χ3v) is 20.2. The van der Waals surface area contributed by atoms with Crippen LogP contribution in [0.3, 0.4) is 0 Å². The topological polar surface area (TPSA) is 0 Å². The second kappa shape index (κ2) is 28.9. The predicted molar refractivity (Wildman–Crippen MR) is 302 cm³/mol. The second-order valence-corrected chi connectivity index (χ2v) is 25.4. The molecule has 0 aliphatic heterocycles. The highest BCUT2D eigenvalue weighted by atomic mass is 32.1. The van der Waals surface area contributed by atoms with Crippen LogP contribution in [0.15, 0.2) is 37.7 Å². The molecule has 64 heavy (non-hydrogen) atoms. The van der Waals surface area contributed by atoms with Crippen LogP contribution in [-0.2, 0) is 0 Å². The maximum Gasteiger partial charge on any atom is 0.137 e. The van der Waals surface area contributed by atoms with E-state index < -0.39 is 0 Å². The Morgan fingerprint density at radius 1 is 0.281 bits per heavy atom. The van der Waals surface area contributed by atoms with Gasteiger partial charge in [-0.05, 0) is 239 Å². The van der Waals surface area contributed by atoms with E-state index in [1.807, 2.05) is 74.9 Å². The van der Waals surface area contributed by atoms with Gasteiger partial charge in [-0.3, -0.25) is 0 Å². The van der Waals surface area contributed by atoms with Gasteiger partial charge in [0.25, 0.3) is 0 Å². The molecule has 0 bridgehead atoms. The number of halogens is 1. The molecule has 0 saturated heterocycles. The average molecular weight is 1000 g/mol. The van der Waals surface area contributed by atoms with Crippen molar-refractivity contribution in [2.75, 3.05) is 0 Å². The van der Waals surface area contributed by atoms with Gasteiger partial charge in [0.15, 0.2) is 0 Å². The Balaban J connectivity index is 0.000000374. The van der Waals surface area contributed by atoms with Gasteiger partial charge in [-0.15, -0.1) is 79.4 Å². The van der Waals surface area contributed by atoms with E-state index in [1.165, 1.54) is 107 Å². The number of hydrogen-bond donors (Lipinski definition) is 0. The lowest BCUT2D eigenvalue weighted by atomic mass is 10.0. The van der Waals surface area contributed by atoms with Crippen molar-refractivity contribution in [1.82, 2.24) is 0 Å². The van der Waals surface area contributed by atoms with E-state index in [1.54, 1.807) is 5.38 Å². The molecule has 7 heterocycles. The third kappa shape index (κ3) is 18.8. The summed E-state index contributed by atoms with van der Waals surface area (Å²) in [7, 11) is 0. The van der Waals surface area contributed by atoms with Crippen molar-refractivity contribution in [3.05, 3.63) is 150 Å². The molecule has 0 saturated carbocycles. The molecular formula is C56H83FS7. The highest BCUT2D eigenvalue weighted by molar-refractivity contribution is 7.11. The Morgan fingerprint density at radius 2 is 0.531 bits per heavy atom. The molecule has 7 rings (SSSR count). The van der Waals surface area contributed by atoms with Gasteiger partial charge in [-0.1, -0.05) is 55.4 Å². The van der Waals surface area contributed by atoms with Crippen LogP contribution in [0.1, 0.15) is 186 Å². The van der Waals surface area contributed by atoms with Crippen LogP contribution in [0.2, 0.25) is 0 Å². The standard InChI is InChI=1S/3C9H14S.C8H11FS.3C7H10S/c2*1-6(2)9-5-10-8(4)7(9)3;1-6(2)9-8(4)7(3)5-10-9;1-5(2)8-6(3)7(9)4-10-8;3*1-5-4-8-7(3)6(5)2/h3*5-6H,1-4H3;4-5H,1-3H3;3*4H,1-3H3. The number of aryl methyl sites for hydroxylation is 9. The normalized spacial score (nSPS) is 10.5. The monoisotopic (exact) mass is 998 g/mol. The van der Waals surface area contributed by atoms with Gasteiger partial charge >= 0.3 is 0 Å². The van der Waals surface area contributed by atoms with Gasteiger partial charge in [0.2, 0.25) is 0 Å². The van der Waals surface area contributed by atoms with E-state index in [2.05, 4.69) is 192 Å². The first-order chi connectivity index (χ1) is 29.6. The summed E-state index contributed by atoms with van der Waals surface area (Å²) in [5.41, 5.74) is 18.4. The van der Waals surface area contributed by atoms with E-state index in [4.69, 9.17) is 0 Å². The van der Waals surface area contributed by atoms with Crippen molar-refractivity contribution in [2.45, 2.75) is 190 Å². The molecule has 7 aromatic heterocycles. The number of rotatable bonds is 4. The molecule has 0 N–H and O–H groups in total. The highest BCUT2D eigenvalue weighted by Crippen LogP contribution is 2.30. The van der Waals surface area contributed by atoms with Crippen molar-refractivity contribution in [3.63, 3.8) is 0 Å². The fourth-order valence-electron chi connectivity index (χ4n) is 6.17. The van der Waals surface area contributed by atoms with Gasteiger partial charge < -0.3 is 0 Å². The Labute approximate surface area is 420 Å². The zero-order valence-electron chi connectivity index (χ0n) is 44.1. The van der Waals surface area contributed by atoms with Crippen molar-refractivity contribution in [3.8, 4) is 0 Å². The first kappa shape index (κ1) is 59.8. The molecule has 8 heteroatoms. The lowest BCUT2D eigenvalue weighted by molar-refractivity contribution is 0.621. The Hall–Kier alpha value is -2.17. The van der Waals surface area contributed by atoms with Crippen LogP contribution in [0, 0.1) is 117 Å². The van der Waals surface area contributed by atoms with Crippen LogP contribution in [0.5, 0.6) is 0 Å². The first-order valence-electron chi connectivity index (χ1n) is 22.6. The maximum absolute atomic E-state index is 12.7. The molecule has 0 radical (unpaired) electrons. The smallest absolute Gasteiger partial charge is 0.137 e. The minimum atomic E-state index is -0.0614. The summed E-state index contributed by atoms with van der Waals surface area (Å²) in [5, 5.41) is 15.0. The molecule has 0 amide bonds. The molecule has 0 aliphatic rings. The van der Waals surface area contributed by atoms with Crippen molar-refractivity contribution in [1.29, 1.82) is 0 Å². The highest BCUT2D eigenvalue weighted by Gasteiger charge is 2.10. The minimum absolute atomic E-state index is 0.0614. The lowest BCUT2D eigenvalue weighted by Crippen LogP contribution is -1.86. The molecule has 0 unspecified atom stereocenters. The summed E-state index contributed by atoms with van der Waals surface area (Å²) in [6.07, 6.45) is 0. The van der Waals surface area contributed by atoms with Gasteiger partial charge in [0.1, 0.15) is 5.82 Å². The summed E-state index contributed by atoms with van der Waals surface area (Å²) < 4.78 is 12.7. The summed E-state index contributed by atoms with van der Waals surface area (Å²) in [5.74, 6) is 2.46. The van der Waals surface area contributed by atoms with Crippen LogP contribution < -0.4 is 0 Å². The number of hydrogen-bond acceptors (Lipinski definition) is 7. The largest absolute Gasteiger partial charge is 0.206 e. The zero-order valence-corrected chi connectivity index (χ0v) is 49.8. The zero-order chi connectivity index (χ0) is 49.3. The first-order valence-corrected chi connectivity index (χ1v) is 28.7. The third-order valence-electron chi connectivity index (χ3n) is 11.9. The summed E-state index contributed by atoms with van der Waals surface area (Å²) in [6, 6.07) is 0. The fourth-order valence-corrected chi connectivity index (χ4v) is 12.9. The van der Waals surface area contributed by atoms with E-state index in [9.17, 15) is 4.39 Å². The Bertz CT molecular complexity index is 2020. The average Bonchev–Trinajstić information content (AvgIpc) is 4.11. The molecule has 7 aromatic rings. The van der Waals surface area contributed by atoms with Gasteiger partial charge in [0.05, 0.1) is 0 Å². The van der Waals surface area contributed by atoms with Crippen LogP contribution in [0.25, 0.3) is 0 Å². The molecule has 0 aromatic carbocycles. The SMILES string of the molecule is Cc1c(F)csc1C(C)C.Cc1csc(C(C)C)c1C.Cc1csc(C)c1C.Cc1csc(C)c1C.Cc1csc(C)c1C.Cc1scc(C(C)C)c1C.Cc1scc(C(C)C)c1C. The Kier molecular flexibility index (Phi) is 27.0. The number of thiophene rings is 7. The molecule has 0 nitrogen and oxygen atoms in total. The van der Waals surface area contributed by atoms with Crippen LogP contribution in [0.4, 0.5) is 4.39 Å². The van der Waals surface area contributed by atoms with E-state index in [-0.39, 0.29) is 5.82 Å². The molecule has 0 fully saturated rings. The van der Waals surface area contributed by atoms with Crippen molar-refractivity contribution >= 4 is 79.4 Å². The quantitative estimate of drug-likeness (QED) is 0.165. The summed E-state index contributed by atoms with van der Waals surface area (Å²) in [6.45, 7) is 52.1. The second-order valence-electron chi connectivity index (χ2n) is 18.1. The molecule has 0 aliphatic carbocycles. The van der Waals surface area contributed by atoms with Gasteiger partial charge in [0, 0.05) is 39.5 Å². The molecule has 0 atom stereocenters. The summed E-state index contributed by atoms with van der Waals surface area (Å²) >= 11 is 12.6. The predicted octanol–water partition coefficient (Wildman–Crippen LogP) is 21.8. The lowest BCUT2D eigenvalue weighted by Gasteiger charge is -2.02. The molecule has 0 spiro atoms. The minimum Gasteiger partial charge on any atom is -0.206 e. The fraction of sp³-hybridized carbons (Fsp3) is 0.500. The maximum atomic E-state index is 12.7.